The van der Waals surface area contributed by atoms with E-state index in [-0.39, 0.29) is 6.04 Å². The Morgan fingerprint density at radius 3 is 2.39 bits per heavy atom. The summed E-state index contributed by atoms with van der Waals surface area (Å²) >= 11 is 0. The lowest BCUT2D eigenvalue weighted by molar-refractivity contribution is 0.481. The molecule has 0 radical (unpaired) electrons. The van der Waals surface area contributed by atoms with Crippen molar-refractivity contribution in [2.45, 2.75) is 36.6 Å². The highest BCUT2D eigenvalue weighted by atomic mass is 32.2. The van der Waals surface area contributed by atoms with Gasteiger partial charge in [-0.2, -0.15) is 0 Å². The maximum absolute atomic E-state index is 11.4. The summed E-state index contributed by atoms with van der Waals surface area (Å²) in [4.78, 5) is 0.351. The quantitative estimate of drug-likeness (QED) is 0.609. The van der Waals surface area contributed by atoms with Crippen molar-refractivity contribution in [3.63, 3.8) is 0 Å². The molecule has 0 aromatic heterocycles. The van der Waals surface area contributed by atoms with Gasteiger partial charge in [-0.1, -0.05) is 25.0 Å². The molecule has 5 heteroatoms. The lowest BCUT2D eigenvalue weighted by Crippen LogP contribution is -2.28. The number of sulfone groups is 1. The van der Waals surface area contributed by atoms with Crippen molar-refractivity contribution in [1.29, 1.82) is 0 Å². The van der Waals surface area contributed by atoms with E-state index >= 15 is 0 Å². The molecule has 0 heterocycles. The van der Waals surface area contributed by atoms with Crippen molar-refractivity contribution in [3.05, 3.63) is 29.8 Å². The Kier molecular flexibility index (Phi) is 4.04. The fourth-order valence-electron chi connectivity index (χ4n) is 2.10. The van der Waals surface area contributed by atoms with Gasteiger partial charge in [0.15, 0.2) is 9.84 Å². The molecule has 2 rings (SSSR count). The van der Waals surface area contributed by atoms with E-state index in [4.69, 9.17) is 5.84 Å². The second-order valence-corrected chi connectivity index (χ2v) is 7.10. The normalized spacial score (nSPS) is 17.7. The molecule has 1 aliphatic rings. The molecule has 1 fully saturated rings. The summed E-state index contributed by atoms with van der Waals surface area (Å²) in [6.45, 7) is 0. The summed E-state index contributed by atoms with van der Waals surface area (Å²) < 4.78 is 22.7. The van der Waals surface area contributed by atoms with Crippen LogP contribution in [-0.2, 0) is 9.84 Å². The second kappa shape index (κ2) is 5.38. The topological polar surface area (TPSA) is 72.2 Å². The van der Waals surface area contributed by atoms with Gasteiger partial charge in [0, 0.05) is 12.3 Å². The molecule has 100 valence electrons. The number of benzene rings is 1. The van der Waals surface area contributed by atoms with Crippen LogP contribution in [0.3, 0.4) is 0 Å². The number of hydrazine groups is 1. The average Bonchev–Trinajstić information content (AvgIpc) is 3.13. The zero-order valence-electron chi connectivity index (χ0n) is 10.6. The standard InChI is InChI=1S/C13H20N2O2S/c1-18(16,17)12-7-5-11(6-8-12)13(15-14)9-4-10-2-3-10/h5-8,10,13,15H,2-4,9,14H2,1H3. The van der Waals surface area contributed by atoms with Crippen molar-refractivity contribution < 1.29 is 8.42 Å². The Bertz CT molecular complexity index is 492. The molecule has 1 unspecified atom stereocenters. The molecular weight excluding hydrogens is 248 g/mol. The Morgan fingerprint density at radius 1 is 1.33 bits per heavy atom. The Balaban J connectivity index is 2.05. The minimum absolute atomic E-state index is 0.110. The maximum atomic E-state index is 11.4. The molecule has 1 aromatic rings. The predicted octanol–water partition coefficient (Wildman–Crippen LogP) is 1.78. The molecule has 0 aliphatic heterocycles. The van der Waals surface area contributed by atoms with Gasteiger partial charge in [-0.15, -0.1) is 0 Å². The summed E-state index contributed by atoms with van der Waals surface area (Å²) in [5.74, 6) is 6.44. The van der Waals surface area contributed by atoms with Crippen molar-refractivity contribution in [1.82, 2.24) is 5.43 Å². The van der Waals surface area contributed by atoms with Crippen LogP contribution in [0, 0.1) is 5.92 Å². The number of hydrogen-bond donors (Lipinski definition) is 2. The van der Waals surface area contributed by atoms with E-state index in [2.05, 4.69) is 5.43 Å². The van der Waals surface area contributed by atoms with E-state index in [0.29, 0.717) is 4.90 Å². The fraction of sp³-hybridized carbons (Fsp3) is 0.538. The summed E-state index contributed by atoms with van der Waals surface area (Å²) in [6, 6.07) is 7.08. The minimum atomic E-state index is -3.12. The van der Waals surface area contributed by atoms with E-state index < -0.39 is 9.84 Å². The van der Waals surface area contributed by atoms with Crippen LogP contribution >= 0.6 is 0 Å². The number of hydrogen-bond acceptors (Lipinski definition) is 4. The van der Waals surface area contributed by atoms with Crippen LogP contribution in [0.25, 0.3) is 0 Å². The van der Waals surface area contributed by atoms with Gasteiger partial charge in [-0.25, -0.2) is 8.42 Å². The van der Waals surface area contributed by atoms with Crippen LogP contribution < -0.4 is 11.3 Å². The van der Waals surface area contributed by atoms with Crippen LogP contribution in [0.2, 0.25) is 0 Å². The number of nitrogens with one attached hydrogen (secondary N) is 1. The van der Waals surface area contributed by atoms with Crippen molar-refractivity contribution >= 4 is 9.84 Å². The molecule has 3 N–H and O–H groups in total. The number of nitrogens with two attached hydrogens (primary N) is 1. The molecule has 0 amide bonds. The van der Waals surface area contributed by atoms with Gasteiger partial charge in [0.1, 0.15) is 0 Å². The Hall–Kier alpha value is -0.910. The third kappa shape index (κ3) is 3.54. The highest BCUT2D eigenvalue weighted by Crippen LogP contribution is 2.35. The largest absolute Gasteiger partial charge is 0.271 e. The van der Waals surface area contributed by atoms with Crippen LogP contribution in [0.5, 0.6) is 0 Å². The van der Waals surface area contributed by atoms with E-state index in [1.165, 1.54) is 25.5 Å². The van der Waals surface area contributed by atoms with E-state index in [1.54, 1.807) is 12.1 Å². The Morgan fingerprint density at radius 2 is 1.94 bits per heavy atom. The molecule has 0 bridgehead atoms. The first kappa shape index (κ1) is 13.5. The summed E-state index contributed by atoms with van der Waals surface area (Å²) in [5.41, 5.74) is 3.86. The first-order valence-electron chi connectivity index (χ1n) is 6.27. The van der Waals surface area contributed by atoms with Gasteiger partial charge < -0.3 is 0 Å². The molecule has 0 spiro atoms. The van der Waals surface area contributed by atoms with Crippen LogP contribution in [0.1, 0.15) is 37.3 Å². The van der Waals surface area contributed by atoms with E-state index in [9.17, 15) is 8.42 Å². The van der Waals surface area contributed by atoms with Crippen molar-refractivity contribution in [2.75, 3.05) is 6.26 Å². The molecule has 1 aliphatic carbocycles. The molecule has 18 heavy (non-hydrogen) atoms. The summed E-state index contributed by atoms with van der Waals surface area (Å²) in [5, 5.41) is 0. The monoisotopic (exact) mass is 268 g/mol. The average molecular weight is 268 g/mol. The van der Waals surface area contributed by atoms with Gasteiger partial charge in [0.2, 0.25) is 0 Å². The smallest absolute Gasteiger partial charge is 0.175 e. The van der Waals surface area contributed by atoms with Gasteiger partial charge in [-0.05, 0) is 36.5 Å². The molecule has 0 saturated heterocycles. The van der Waals surface area contributed by atoms with Crippen LogP contribution in [0.15, 0.2) is 29.2 Å². The zero-order chi connectivity index (χ0) is 13.2. The second-order valence-electron chi connectivity index (χ2n) is 5.08. The van der Waals surface area contributed by atoms with Gasteiger partial charge in [-0.3, -0.25) is 11.3 Å². The minimum Gasteiger partial charge on any atom is -0.271 e. The predicted molar refractivity (Wildman–Crippen MR) is 71.6 cm³/mol. The van der Waals surface area contributed by atoms with Crippen LogP contribution in [0.4, 0.5) is 0 Å². The Labute approximate surface area is 108 Å². The molecule has 4 nitrogen and oxygen atoms in total. The van der Waals surface area contributed by atoms with E-state index in [1.807, 2.05) is 12.1 Å². The maximum Gasteiger partial charge on any atom is 0.175 e. The summed E-state index contributed by atoms with van der Waals surface area (Å²) in [6.07, 6.45) is 6.07. The lowest BCUT2D eigenvalue weighted by Gasteiger charge is -2.16. The van der Waals surface area contributed by atoms with E-state index in [0.717, 1.165) is 17.9 Å². The molecule has 1 saturated carbocycles. The van der Waals surface area contributed by atoms with Crippen molar-refractivity contribution in [2.24, 2.45) is 11.8 Å². The SMILES string of the molecule is CS(=O)(=O)c1ccc(C(CCC2CC2)NN)cc1. The summed E-state index contributed by atoms with van der Waals surface area (Å²) in [7, 11) is -3.12. The molecule has 1 aromatic carbocycles. The first-order valence-corrected chi connectivity index (χ1v) is 8.16. The first-order chi connectivity index (χ1) is 8.50. The lowest BCUT2D eigenvalue weighted by atomic mass is 10.0. The van der Waals surface area contributed by atoms with Crippen LogP contribution in [-0.4, -0.2) is 14.7 Å². The number of rotatable bonds is 6. The van der Waals surface area contributed by atoms with Gasteiger partial charge in [0.05, 0.1) is 4.90 Å². The third-order valence-corrected chi connectivity index (χ3v) is 4.60. The third-order valence-electron chi connectivity index (χ3n) is 3.47. The van der Waals surface area contributed by atoms with Gasteiger partial charge in [0.25, 0.3) is 0 Å². The highest BCUT2D eigenvalue weighted by molar-refractivity contribution is 7.90. The van der Waals surface area contributed by atoms with Crippen molar-refractivity contribution in [3.8, 4) is 0 Å². The molecule has 1 atom stereocenters. The zero-order valence-corrected chi connectivity index (χ0v) is 11.4. The molecular formula is C13H20N2O2S. The fourth-order valence-corrected chi connectivity index (χ4v) is 2.73. The van der Waals surface area contributed by atoms with Gasteiger partial charge >= 0.3 is 0 Å². The highest BCUT2D eigenvalue weighted by Gasteiger charge is 2.22.